The summed E-state index contributed by atoms with van der Waals surface area (Å²) in [7, 11) is 3.81. The minimum absolute atomic E-state index is 0.253. The van der Waals surface area contributed by atoms with Crippen molar-refractivity contribution in [3.8, 4) is 0 Å². The van der Waals surface area contributed by atoms with Gasteiger partial charge in [-0.15, -0.1) is 10.2 Å². The molecule has 0 radical (unpaired) electrons. The number of benzene rings is 1. The third-order valence-electron chi connectivity index (χ3n) is 1.89. The van der Waals surface area contributed by atoms with Crippen molar-refractivity contribution < 1.29 is 4.39 Å². The highest BCUT2D eigenvalue weighted by molar-refractivity contribution is 7.19. The smallest absolute Gasteiger partial charge is 0.211 e. The van der Waals surface area contributed by atoms with E-state index in [-0.39, 0.29) is 5.82 Å². The Bertz CT molecular complexity index is 466. The van der Waals surface area contributed by atoms with Crippen LogP contribution in [0.2, 0.25) is 0 Å². The van der Waals surface area contributed by atoms with Gasteiger partial charge in [0.25, 0.3) is 0 Å². The molecule has 0 unspecified atom stereocenters. The van der Waals surface area contributed by atoms with Crippen LogP contribution in [0.5, 0.6) is 0 Å². The minimum atomic E-state index is -0.253. The molecule has 0 amide bonds. The maximum absolute atomic E-state index is 12.7. The highest BCUT2D eigenvalue weighted by Crippen LogP contribution is 2.25. The van der Waals surface area contributed by atoms with E-state index in [0.29, 0.717) is 5.13 Å². The van der Waals surface area contributed by atoms with Crippen molar-refractivity contribution >= 4 is 27.3 Å². The van der Waals surface area contributed by atoms with E-state index < -0.39 is 0 Å². The highest BCUT2D eigenvalue weighted by Gasteiger charge is 2.05. The summed E-state index contributed by atoms with van der Waals surface area (Å²) in [6.07, 6.45) is 0. The lowest BCUT2D eigenvalue weighted by Crippen LogP contribution is -2.07. The topological polar surface area (TPSA) is 41.1 Å². The van der Waals surface area contributed by atoms with Crippen molar-refractivity contribution in [1.29, 1.82) is 0 Å². The molecule has 84 valence electrons. The van der Waals surface area contributed by atoms with E-state index >= 15 is 0 Å². The van der Waals surface area contributed by atoms with E-state index in [0.717, 1.165) is 10.8 Å². The molecule has 4 nitrogen and oxygen atoms in total. The van der Waals surface area contributed by atoms with Gasteiger partial charge >= 0.3 is 0 Å². The largest absolute Gasteiger partial charge is 0.353 e. The van der Waals surface area contributed by atoms with Crippen LogP contribution in [0.25, 0.3) is 0 Å². The average Bonchev–Trinajstić information content (AvgIpc) is 2.70. The molecule has 0 bridgehead atoms. The molecule has 6 heteroatoms. The molecule has 0 spiro atoms. The zero-order chi connectivity index (χ0) is 11.5. The third-order valence-corrected chi connectivity index (χ3v) is 2.90. The maximum Gasteiger partial charge on any atom is 0.211 e. The quantitative estimate of drug-likeness (QED) is 0.892. The predicted octanol–water partition coefficient (Wildman–Crippen LogP) is 2.49. The Labute approximate surface area is 96.7 Å². The normalized spacial score (nSPS) is 10.2. The summed E-state index contributed by atoms with van der Waals surface area (Å²) in [5.74, 6) is -0.253. The molecular weight excluding hydrogens is 227 g/mol. The third kappa shape index (κ3) is 2.46. The van der Waals surface area contributed by atoms with Gasteiger partial charge in [-0.1, -0.05) is 11.3 Å². The van der Waals surface area contributed by atoms with E-state index in [4.69, 9.17) is 0 Å². The van der Waals surface area contributed by atoms with Crippen molar-refractivity contribution in [1.82, 2.24) is 10.2 Å². The van der Waals surface area contributed by atoms with E-state index in [2.05, 4.69) is 15.5 Å². The van der Waals surface area contributed by atoms with Gasteiger partial charge in [-0.3, -0.25) is 0 Å². The van der Waals surface area contributed by atoms with Crippen molar-refractivity contribution in [2.75, 3.05) is 24.3 Å². The van der Waals surface area contributed by atoms with Gasteiger partial charge in [-0.25, -0.2) is 4.39 Å². The number of hydrogen-bond donors (Lipinski definition) is 1. The molecule has 0 atom stereocenters. The first-order valence-electron chi connectivity index (χ1n) is 4.68. The fourth-order valence-electron chi connectivity index (χ4n) is 1.10. The molecule has 0 saturated heterocycles. The van der Waals surface area contributed by atoms with Crippen LogP contribution in [0.15, 0.2) is 24.3 Å². The van der Waals surface area contributed by atoms with Crippen LogP contribution < -0.4 is 10.2 Å². The summed E-state index contributed by atoms with van der Waals surface area (Å²) in [5.41, 5.74) is 0.794. The summed E-state index contributed by atoms with van der Waals surface area (Å²) in [6.45, 7) is 0. The Morgan fingerprint density at radius 2 is 1.88 bits per heavy atom. The number of halogens is 1. The number of hydrogen-bond acceptors (Lipinski definition) is 5. The summed E-state index contributed by atoms with van der Waals surface area (Å²) in [6, 6.07) is 6.12. The lowest BCUT2D eigenvalue weighted by molar-refractivity contribution is 0.628. The Hall–Kier alpha value is -1.69. The summed E-state index contributed by atoms with van der Waals surface area (Å²) in [5, 5.41) is 12.5. The first kappa shape index (κ1) is 10.8. The fourth-order valence-corrected chi connectivity index (χ4v) is 1.79. The molecule has 1 heterocycles. The monoisotopic (exact) mass is 238 g/mol. The standard InChI is InChI=1S/C10H11FN4S/c1-15(2)10-14-13-9(16-10)12-8-5-3-7(11)4-6-8/h3-6H,1-2H3,(H,12,13). The van der Waals surface area contributed by atoms with Crippen LogP contribution >= 0.6 is 11.3 Å². The van der Waals surface area contributed by atoms with Gasteiger partial charge in [0.15, 0.2) is 0 Å². The second kappa shape index (κ2) is 4.44. The van der Waals surface area contributed by atoms with Crippen molar-refractivity contribution in [2.45, 2.75) is 0 Å². The summed E-state index contributed by atoms with van der Waals surface area (Å²) >= 11 is 1.44. The summed E-state index contributed by atoms with van der Waals surface area (Å²) in [4.78, 5) is 1.88. The number of nitrogens with one attached hydrogen (secondary N) is 1. The van der Waals surface area contributed by atoms with E-state index in [9.17, 15) is 4.39 Å². The molecule has 1 N–H and O–H groups in total. The fraction of sp³-hybridized carbons (Fsp3) is 0.200. The van der Waals surface area contributed by atoms with E-state index in [1.165, 1.54) is 23.5 Å². The van der Waals surface area contributed by atoms with Gasteiger partial charge in [-0.2, -0.15) is 0 Å². The number of nitrogens with zero attached hydrogens (tertiary/aromatic N) is 3. The Kier molecular flexibility index (Phi) is 3.00. The van der Waals surface area contributed by atoms with Crippen molar-refractivity contribution in [2.24, 2.45) is 0 Å². The molecule has 0 aliphatic heterocycles. The SMILES string of the molecule is CN(C)c1nnc(Nc2ccc(F)cc2)s1. The Balaban J connectivity index is 2.11. The molecular formula is C10H11FN4S. The van der Waals surface area contributed by atoms with Gasteiger partial charge in [0.2, 0.25) is 10.3 Å². The van der Waals surface area contributed by atoms with Crippen LogP contribution in [0.1, 0.15) is 0 Å². The summed E-state index contributed by atoms with van der Waals surface area (Å²) < 4.78 is 12.7. The van der Waals surface area contributed by atoms with Gasteiger partial charge in [0, 0.05) is 19.8 Å². The first-order chi connectivity index (χ1) is 7.65. The van der Waals surface area contributed by atoms with Gasteiger partial charge in [0.1, 0.15) is 5.82 Å². The molecule has 2 aromatic rings. The molecule has 1 aromatic carbocycles. The molecule has 0 fully saturated rings. The molecule has 2 rings (SSSR count). The minimum Gasteiger partial charge on any atom is -0.353 e. The molecule has 0 aliphatic carbocycles. The average molecular weight is 238 g/mol. The Morgan fingerprint density at radius 1 is 1.19 bits per heavy atom. The van der Waals surface area contributed by atoms with E-state index in [1.54, 1.807) is 12.1 Å². The molecule has 16 heavy (non-hydrogen) atoms. The lowest BCUT2D eigenvalue weighted by Gasteiger charge is -2.04. The first-order valence-corrected chi connectivity index (χ1v) is 5.50. The maximum atomic E-state index is 12.7. The van der Waals surface area contributed by atoms with Crippen LogP contribution in [0.3, 0.4) is 0 Å². The van der Waals surface area contributed by atoms with Gasteiger partial charge in [0.05, 0.1) is 0 Å². The zero-order valence-electron chi connectivity index (χ0n) is 8.94. The molecule has 0 aliphatic rings. The highest BCUT2D eigenvalue weighted by atomic mass is 32.1. The van der Waals surface area contributed by atoms with Crippen molar-refractivity contribution in [3.63, 3.8) is 0 Å². The Morgan fingerprint density at radius 3 is 2.44 bits per heavy atom. The lowest BCUT2D eigenvalue weighted by atomic mass is 10.3. The van der Waals surface area contributed by atoms with Crippen LogP contribution in [0, 0.1) is 5.82 Å². The van der Waals surface area contributed by atoms with Crippen LogP contribution in [-0.2, 0) is 0 Å². The second-order valence-corrected chi connectivity index (χ2v) is 4.37. The number of aromatic nitrogens is 2. The van der Waals surface area contributed by atoms with Crippen LogP contribution in [-0.4, -0.2) is 24.3 Å². The predicted molar refractivity (Wildman–Crippen MR) is 63.9 cm³/mol. The second-order valence-electron chi connectivity index (χ2n) is 3.42. The number of rotatable bonds is 3. The van der Waals surface area contributed by atoms with Gasteiger partial charge < -0.3 is 10.2 Å². The molecule has 0 saturated carbocycles. The van der Waals surface area contributed by atoms with Gasteiger partial charge in [-0.05, 0) is 24.3 Å². The number of anilines is 3. The van der Waals surface area contributed by atoms with Crippen LogP contribution in [0.4, 0.5) is 20.3 Å². The molecule has 1 aromatic heterocycles. The zero-order valence-corrected chi connectivity index (χ0v) is 9.75. The van der Waals surface area contributed by atoms with Crippen molar-refractivity contribution in [3.05, 3.63) is 30.1 Å². The van der Waals surface area contributed by atoms with E-state index in [1.807, 2.05) is 19.0 Å².